The van der Waals surface area contributed by atoms with Gasteiger partial charge in [-0.05, 0) is 42.9 Å². The zero-order valence-electron chi connectivity index (χ0n) is 16.8. The van der Waals surface area contributed by atoms with Gasteiger partial charge >= 0.3 is 6.03 Å². The van der Waals surface area contributed by atoms with Gasteiger partial charge in [0.05, 0.1) is 30.4 Å². The minimum absolute atomic E-state index is 0.0677. The van der Waals surface area contributed by atoms with E-state index in [9.17, 15) is 9.90 Å². The third-order valence-electron chi connectivity index (χ3n) is 6.46. The predicted octanol–water partition coefficient (Wildman–Crippen LogP) is 4.15. The molecular weight excluding hydrogens is 376 g/mol. The van der Waals surface area contributed by atoms with E-state index in [1.165, 1.54) is 11.1 Å². The van der Waals surface area contributed by atoms with E-state index < -0.39 is 6.10 Å². The Morgan fingerprint density at radius 3 is 2.63 bits per heavy atom. The number of aliphatic hydroxyl groups is 1. The van der Waals surface area contributed by atoms with Crippen molar-refractivity contribution >= 4 is 11.7 Å². The van der Waals surface area contributed by atoms with E-state index in [-0.39, 0.29) is 18.0 Å². The van der Waals surface area contributed by atoms with E-state index in [1.807, 2.05) is 53.8 Å². The van der Waals surface area contributed by atoms with Crippen LogP contribution in [0.15, 0.2) is 67.1 Å². The third kappa shape index (κ3) is 3.48. The number of fused-ring (bicyclic) bond motifs is 3. The van der Waals surface area contributed by atoms with E-state index in [2.05, 4.69) is 33.1 Å². The van der Waals surface area contributed by atoms with Crippen molar-refractivity contribution < 1.29 is 9.90 Å². The number of aromatic nitrogens is 2. The predicted molar refractivity (Wildman–Crippen MR) is 116 cm³/mol. The summed E-state index contributed by atoms with van der Waals surface area (Å²) in [5.41, 5.74) is 4.39. The number of imidazole rings is 1. The number of rotatable bonds is 4. The number of benzene rings is 2. The lowest BCUT2D eigenvalue weighted by atomic mass is 9.86. The molecule has 1 fully saturated rings. The van der Waals surface area contributed by atoms with E-state index in [4.69, 9.17) is 0 Å². The zero-order chi connectivity index (χ0) is 20.5. The minimum atomic E-state index is -0.407. The Kier molecular flexibility index (Phi) is 5.01. The number of nitrogens with zero attached hydrogens (tertiary/aromatic N) is 3. The monoisotopic (exact) mass is 402 g/mol. The van der Waals surface area contributed by atoms with Crippen molar-refractivity contribution in [3.8, 4) is 11.3 Å². The topological polar surface area (TPSA) is 70.4 Å². The summed E-state index contributed by atoms with van der Waals surface area (Å²) in [7, 11) is 0. The van der Waals surface area contributed by atoms with Crippen molar-refractivity contribution in [2.45, 2.75) is 31.4 Å². The van der Waals surface area contributed by atoms with Gasteiger partial charge in [-0.2, -0.15) is 0 Å². The van der Waals surface area contributed by atoms with Crippen LogP contribution < -0.4 is 5.32 Å². The molecule has 0 bridgehead atoms. The Morgan fingerprint density at radius 1 is 1.10 bits per heavy atom. The van der Waals surface area contributed by atoms with Gasteiger partial charge in [-0.15, -0.1) is 0 Å². The SMILES string of the molecule is O=C(Nc1ccccc1)N1CCC(C(O)C[C@@H]2c3ccccc3-c3cncn32)CC1. The van der Waals surface area contributed by atoms with Crippen LogP contribution in [0, 0.1) is 5.92 Å². The van der Waals surface area contributed by atoms with Gasteiger partial charge in [0.15, 0.2) is 0 Å². The lowest BCUT2D eigenvalue weighted by molar-refractivity contribution is 0.0552. The van der Waals surface area contributed by atoms with Crippen LogP contribution >= 0.6 is 0 Å². The molecule has 3 heterocycles. The van der Waals surface area contributed by atoms with E-state index >= 15 is 0 Å². The number of carbonyl (C=O) groups is 1. The molecule has 0 aliphatic carbocycles. The third-order valence-corrected chi connectivity index (χ3v) is 6.46. The summed E-state index contributed by atoms with van der Waals surface area (Å²) in [4.78, 5) is 18.7. The van der Waals surface area contributed by atoms with E-state index in [0.717, 1.165) is 24.2 Å². The number of anilines is 1. The number of urea groups is 1. The first-order valence-electron chi connectivity index (χ1n) is 10.6. The Morgan fingerprint density at radius 2 is 1.83 bits per heavy atom. The maximum absolute atomic E-state index is 12.5. The van der Waals surface area contributed by atoms with E-state index in [0.29, 0.717) is 19.5 Å². The molecule has 6 heteroatoms. The molecule has 1 saturated heterocycles. The van der Waals surface area contributed by atoms with Gasteiger partial charge < -0.3 is 19.9 Å². The van der Waals surface area contributed by atoms with Crippen LogP contribution in [-0.2, 0) is 0 Å². The normalized spacial score (nSPS) is 19.2. The van der Waals surface area contributed by atoms with Crippen LogP contribution in [0.25, 0.3) is 11.3 Å². The standard InChI is InChI=1S/C24H26N4O2/c29-23(14-21-19-8-4-5-9-20(19)22-15-25-16-28(21)22)17-10-12-27(13-11-17)24(30)26-18-6-2-1-3-7-18/h1-9,15-17,21,23,29H,10-14H2,(H,26,30)/t21-,23?/m1/s1. The van der Waals surface area contributed by atoms with Gasteiger partial charge in [-0.3, -0.25) is 0 Å². The van der Waals surface area contributed by atoms with Gasteiger partial charge in [-0.1, -0.05) is 42.5 Å². The molecule has 2 amide bonds. The Bertz CT molecular complexity index is 1020. The van der Waals surface area contributed by atoms with Crippen molar-refractivity contribution in [3.05, 3.63) is 72.7 Å². The summed E-state index contributed by atoms with van der Waals surface area (Å²) >= 11 is 0. The van der Waals surface area contributed by atoms with Crippen LogP contribution in [0.4, 0.5) is 10.5 Å². The lowest BCUT2D eigenvalue weighted by Crippen LogP contribution is -2.43. The molecule has 1 aromatic heterocycles. The summed E-state index contributed by atoms with van der Waals surface area (Å²) in [6, 6.07) is 17.9. The first-order chi connectivity index (χ1) is 14.7. The molecule has 2 N–H and O–H groups in total. The molecule has 6 nitrogen and oxygen atoms in total. The molecule has 0 radical (unpaired) electrons. The number of piperidine rings is 1. The summed E-state index contributed by atoms with van der Waals surface area (Å²) in [5.74, 6) is 0.200. The van der Waals surface area contributed by atoms with Crippen LogP contribution in [0.3, 0.4) is 0 Å². The second-order valence-electron chi connectivity index (χ2n) is 8.21. The van der Waals surface area contributed by atoms with Crippen LogP contribution in [-0.4, -0.2) is 44.8 Å². The summed E-state index contributed by atoms with van der Waals surface area (Å²) in [5, 5.41) is 14.0. The second-order valence-corrected chi connectivity index (χ2v) is 8.21. The number of nitrogens with one attached hydrogen (secondary N) is 1. The van der Waals surface area contributed by atoms with Crippen LogP contribution in [0.1, 0.15) is 30.9 Å². The number of likely N-dealkylation sites (tertiary alicyclic amines) is 1. The van der Waals surface area contributed by atoms with Crippen molar-refractivity contribution in [1.82, 2.24) is 14.5 Å². The van der Waals surface area contributed by atoms with Crippen LogP contribution in [0.2, 0.25) is 0 Å². The first kappa shape index (κ1) is 18.9. The highest BCUT2D eigenvalue weighted by atomic mass is 16.3. The van der Waals surface area contributed by atoms with Crippen molar-refractivity contribution in [3.63, 3.8) is 0 Å². The van der Waals surface area contributed by atoms with Crippen molar-refractivity contribution in [2.24, 2.45) is 5.92 Å². The highest BCUT2D eigenvalue weighted by Gasteiger charge is 2.33. The van der Waals surface area contributed by atoms with E-state index in [1.54, 1.807) is 0 Å². The zero-order valence-corrected chi connectivity index (χ0v) is 16.8. The number of hydrogen-bond acceptors (Lipinski definition) is 3. The van der Waals surface area contributed by atoms with Gasteiger partial charge in [0, 0.05) is 24.3 Å². The molecule has 5 rings (SSSR count). The highest BCUT2D eigenvalue weighted by Crippen LogP contribution is 2.42. The minimum Gasteiger partial charge on any atom is -0.393 e. The Balaban J connectivity index is 1.20. The fraction of sp³-hybridized carbons (Fsp3) is 0.333. The van der Waals surface area contributed by atoms with Crippen molar-refractivity contribution in [2.75, 3.05) is 18.4 Å². The molecule has 2 atom stereocenters. The second kappa shape index (κ2) is 7.95. The quantitative estimate of drug-likeness (QED) is 0.689. The molecule has 0 spiro atoms. The van der Waals surface area contributed by atoms with Gasteiger partial charge in [0.2, 0.25) is 0 Å². The summed E-state index contributed by atoms with van der Waals surface area (Å²) in [6.45, 7) is 1.33. The molecule has 2 aliphatic heterocycles. The Labute approximate surface area is 176 Å². The number of aliphatic hydroxyl groups excluding tert-OH is 1. The summed E-state index contributed by atoms with van der Waals surface area (Å²) < 4.78 is 2.18. The fourth-order valence-electron chi connectivity index (χ4n) is 4.81. The molecule has 2 aromatic carbocycles. The number of amides is 2. The number of hydrogen-bond donors (Lipinski definition) is 2. The average molecular weight is 402 g/mol. The first-order valence-corrected chi connectivity index (χ1v) is 10.6. The van der Waals surface area contributed by atoms with Gasteiger partial charge in [0.25, 0.3) is 0 Å². The largest absolute Gasteiger partial charge is 0.393 e. The van der Waals surface area contributed by atoms with Gasteiger partial charge in [0.1, 0.15) is 0 Å². The maximum Gasteiger partial charge on any atom is 0.321 e. The van der Waals surface area contributed by atoms with Gasteiger partial charge in [-0.25, -0.2) is 9.78 Å². The number of carbonyl (C=O) groups excluding carboxylic acids is 1. The van der Waals surface area contributed by atoms with Crippen molar-refractivity contribution in [1.29, 1.82) is 0 Å². The number of para-hydroxylation sites is 1. The Hall–Kier alpha value is -3.12. The highest BCUT2D eigenvalue weighted by molar-refractivity contribution is 5.89. The molecule has 2 aliphatic rings. The molecule has 3 aromatic rings. The molecule has 154 valence electrons. The summed E-state index contributed by atoms with van der Waals surface area (Å²) in [6.07, 6.45) is 5.65. The molecular formula is C24H26N4O2. The molecule has 1 unspecified atom stereocenters. The fourth-order valence-corrected chi connectivity index (χ4v) is 4.81. The molecule has 0 saturated carbocycles. The molecule has 30 heavy (non-hydrogen) atoms. The maximum atomic E-state index is 12.5. The lowest BCUT2D eigenvalue weighted by Gasteiger charge is -2.35. The van der Waals surface area contributed by atoms with Crippen LogP contribution in [0.5, 0.6) is 0 Å². The smallest absolute Gasteiger partial charge is 0.321 e. The average Bonchev–Trinajstić information content (AvgIpc) is 3.37.